The summed E-state index contributed by atoms with van der Waals surface area (Å²) < 4.78 is 5.10. The first kappa shape index (κ1) is 22.5. The van der Waals surface area contributed by atoms with Gasteiger partial charge in [0.05, 0.1) is 5.56 Å². The van der Waals surface area contributed by atoms with Gasteiger partial charge >= 0.3 is 5.97 Å². The maximum absolute atomic E-state index is 12.6. The van der Waals surface area contributed by atoms with Gasteiger partial charge in [0.1, 0.15) is 5.75 Å². The van der Waals surface area contributed by atoms with Gasteiger partial charge in [-0.25, -0.2) is 0 Å². The molecule has 2 aromatic carbocycles. The number of hydrogen-bond donors (Lipinski definition) is 1. The highest BCUT2D eigenvalue weighted by Crippen LogP contribution is 2.30. The molecule has 0 unspecified atom stereocenters. The second-order valence-corrected chi connectivity index (χ2v) is 7.93. The van der Waals surface area contributed by atoms with E-state index in [1.165, 1.54) is 6.92 Å². The van der Waals surface area contributed by atoms with Crippen molar-refractivity contribution >= 4 is 39.7 Å². The van der Waals surface area contributed by atoms with Crippen LogP contribution in [0.1, 0.15) is 24.2 Å². The van der Waals surface area contributed by atoms with Crippen molar-refractivity contribution in [3.05, 3.63) is 78.0 Å². The molecular weight excluding hydrogens is 406 g/mol. The number of rotatable bonds is 7. The van der Waals surface area contributed by atoms with E-state index in [-0.39, 0.29) is 16.0 Å². The molecule has 5 nitrogen and oxygen atoms in total. The smallest absolute Gasteiger partial charge is 0.308 e. The zero-order valence-electron chi connectivity index (χ0n) is 16.3. The van der Waals surface area contributed by atoms with Crippen LogP contribution < -0.4 is 10.1 Å². The van der Waals surface area contributed by atoms with Gasteiger partial charge in [0.2, 0.25) is 10.2 Å². The quantitative estimate of drug-likeness (QED) is 0.223. The van der Waals surface area contributed by atoms with Crippen molar-refractivity contribution in [3.8, 4) is 5.75 Å². The highest BCUT2D eigenvalue weighted by molar-refractivity contribution is 8.14. The van der Waals surface area contributed by atoms with Crippen molar-refractivity contribution < 1.29 is 19.1 Å². The zero-order valence-corrected chi connectivity index (χ0v) is 17.9. The molecule has 1 N–H and O–H groups in total. The number of thioether (sulfide) groups is 2. The first-order chi connectivity index (χ1) is 13.9. The van der Waals surface area contributed by atoms with E-state index >= 15 is 0 Å². The van der Waals surface area contributed by atoms with Crippen molar-refractivity contribution in [1.82, 2.24) is 5.32 Å². The van der Waals surface area contributed by atoms with Crippen LogP contribution in [0.2, 0.25) is 0 Å². The third-order valence-corrected chi connectivity index (χ3v) is 5.46. The molecule has 29 heavy (non-hydrogen) atoms. The fraction of sp³-hybridized carbons (Fsp3) is 0.136. The van der Waals surface area contributed by atoms with Gasteiger partial charge in [-0.05, 0) is 79.1 Å². The Morgan fingerprint density at radius 2 is 1.55 bits per heavy atom. The highest BCUT2D eigenvalue weighted by atomic mass is 32.2. The summed E-state index contributed by atoms with van der Waals surface area (Å²) in [5, 5.41) is 2.59. The van der Waals surface area contributed by atoms with Crippen molar-refractivity contribution in [2.45, 2.75) is 23.6 Å². The SMILES string of the molecule is CN/C=C\C=C(/C)C(=O)Sc1ccc(SC(=O)c2ccccc2OC(C)=O)cc1. The van der Waals surface area contributed by atoms with Crippen LogP contribution in [-0.4, -0.2) is 23.2 Å². The topological polar surface area (TPSA) is 72.5 Å². The molecule has 150 valence electrons. The van der Waals surface area contributed by atoms with Gasteiger partial charge < -0.3 is 10.1 Å². The van der Waals surface area contributed by atoms with Gasteiger partial charge in [-0.2, -0.15) is 0 Å². The Bertz CT molecular complexity index is 950. The molecule has 0 spiro atoms. The Balaban J connectivity index is 2.03. The summed E-state index contributed by atoms with van der Waals surface area (Å²) in [7, 11) is 1.79. The van der Waals surface area contributed by atoms with E-state index < -0.39 is 5.97 Å². The lowest BCUT2D eigenvalue weighted by Crippen LogP contribution is -2.06. The second-order valence-electron chi connectivity index (χ2n) is 5.84. The minimum atomic E-state index is -0.480. The Morgan fingerprint density at radius 3 is 2.17 bits per heavy atom. The van der Waals surface area contributed by atoms with Crippen molar-refractivity contribution in [3.63, 3.8) is 0 Å². The number of ether oxygens (including phenoxy) is 1. The summed E-state index contributed by atoms with van der Waals surface area (Å²) in [6.07, 6.45) is 5.26. The molecule has 7 heteroatoms. The first-order valence-electron chi connectivity index (χ1n) is 8.73. The maximum Gasteiger partial charge on any atom is 0.308 e. The number of carbonyl (C=O) groups excluding carboxylic acids is 3. The van der Waals surface area contributed by atoms with Gasteiger partial charge in [0.25, 0.3) is 0 Å². The number of hydrogen-bond acceptors (Lipinski definition) is 7. The van der Waals surface area contributed by atoms with Crippen LogP contribution in [0, 0.1) is 0 Å². The largest absolute Gasteiger partial charge is 0.426 e. The summed E-state index contributed by atoms with van der Waals surface area (Å²) in [5.74, 6) is -0.239. The fourth-order valence-electron chi connectivity index (χ4n) is 2.16. The molecule has 0 aliphatic rings. The lowest BCUT2D eigenvalue weighted by molar-refractivity contribution is -0.131. The fourth-order valence-corrected chi connectivity index (χ4v) is 3.64. The molecule has 0 atom stereocenters. The van der Waals surface area contributed by atoms with Crippen molar-refractivity contribution in [1.29, 1.82) is 0 Å². The van der Waals surface area contributed by atoms with Crippen LogP contribution in [0.25, 0.3) is 0 Å². The molecule has 2 rings (SSSR count). The van der Waals surface area contributed by atoms with Crippen molar-refractivity contribution in [2.75, 3.05) is 7.05 Å². The van der Waals surface area contributed by atoms with E-state index in [9.17, 15) is 14.4 Å². The van der Waals surface area contributed by atoms with Gasteiger partial charge in [0.15, 0.2) is 0 Å². The predicted octanol–water partition coefficient (Wildman–Crippen LogP) is 4.84. The van der Waals surface area contributed by atoms with Gasteiger partial charge in [-0.1, -0.05) is 18.2 Å². The van der Waals surface area contributed by atoms with Gasteiger partial charge in [-0.15, -0.1) is 0 Å². The molecule has 0 radical (unpaired) electrons. The number of carbonyl (C=O) groups is 3. The number of nitrogens with one attached hydrogen (secondary N) is 1. The second kappa shape index (κ2) is 11.3. The van der Waals surface area contributed by atoms with Crippen LogP contribution in [0.5, 0.6) is 5.75 Å². The lowest BCUT2D eigenvalue weighted by Gasteiger charge is -2.08. The average molecular weight is 428 g/mol. The Hall–Kier alpha value is -2.77. The molecule has 0 fully saturated rings. The minimum absolute atomic E-state index is 0.0439. The van der Waals surface area contributed by atoms with Gasteiger partial charge in [0, 0.05) is 29.3 Å². The number of para-hydroxylation sites is 1. The highest BCUT2D eigenvalue weighted by Gasteiger charge is 2.15. The Labute approximate surface area is 178 Å². The summed E-state index contributed by atoms with van der Waals surface area (Å²) in [6.45, 7) is 3.05. The van der Waals surface area contributed by atoms with E-state index in [1.54, 1.807) is 80.9 Å². The molecule has 0 bridgehead atoms. The van der Waals surface area contributed by atoms with E-state index in [1.807, 2.05) is 0 Å². The van der Waals surface area contributed by atoms with Crippen LogP contribution in [-0.2, 0) is 9.59 Å². The van der Waals surface area contributed by atoms with E-state index in [4.69, 9.17) is 4.74 Å². The molecule has 0 aliphatic heterocycles. The van der Waals surface area contributed by atoms with E-state index in [0.29, 0.717) is 11.1 Å². The van der Waals surface area contributed by atoms with E-state index in [2.05, 4.69) is 5.32 Å². The van der Waals surface area contributed by atoms with Crippen LogP contribution in [0.3, 0.4) is 0 Å². The number of esters is 1. The van der Waals surface area contributed by atoms with Crippen molar-refractivity contribution in [2.24, 2.45) is 0 Å². The Morgan fingerprint density at radius 1 is 0.931 bits per heavy atom. The van der Waals surface area contributed by atoms with Crippen LogP contribution in [0.4, 0.5) is 0 Å². The number of allylic oxidation sites excluding steroid dienone is 2. The normalized spacial score (nSPS) is 11.3. The van der Waals surface area contributed by atoms with Crippen LogP contribution in [0.15, 0.2) is 82.2 Å². The standard InChI is InChI=1S/C22H21NO4S2/c1-15(7-6-14-23-3)21(25)28-17-10-12-18(13-11-17)29-22(26)19-8-4-5-9-20(19)27-16(2)24/h4-14,23H,1-3H3/b14-6-,15-7+. The molecular formula is C22H21NO4S2. The lowest BCUT2D eigenvalue weighted by atomic mass is 10.2. The maximum atomic E-state index is 12.6. The van der Waals surface area contributed by atoms with Gasteiger partial charge in [-0.3, -0.25) is 14.4 Å². The van der Waals surface area contributed by atoms with E-state index in [0.717, 1.165) is 33.3 Å². The Kier molecular flexibility index (Phi) is 8.76. The van der Waals surface area contributed by atoms with Crippen LogP contribution >= 0.6 is 23.5 Å². The summed E-state index contributed by atoms with van der Waals surface area (Å²) >= 11 is 2.16. The predicted molar refractivity (Wildman–Crippen MR) is 117 cm³/mol. The number of benzene rings is 2. The monoisotopic (exact) mass is 427 g/mol. The molecule has 0 saturated heterocycles. The first-order valence-corrected chi connectivity index (χ1v) is 10.4. The molecule has 0 saturated carbocycles. The molecule has 0 aliphatic carbocycles. The average Bonchev–Trinajstić information content (AvgIpc) is 2.69. The third kappa shape index (κ3) is 7.29. The molecule has 2 aromatic rings. The third-order valence-electron chi connectivity index (χ3n) is 3.54. The summed E-state index contributed by atoms with van der Waals surface area (Å²) in [6, 6.07) is 13.8. The minimum Gasteiger partial charge on any atom is -0.426 e. The molecule has 0 aromatic heterocycles. The summed E-state index contributed by atoms with van der Waals surface area (Å²) in [5.41, 5.74) is 0.967. The summed E-state index contributed by atoms with van der Waals surface area (Å²) in [4.78, 5) is 37.5. The molecule has 0 amide bonds. The molecule has 0 heterocycles. The zero-order chi connectivity index (χ0) is 21.2.